The van der Waals surface area contributed by atoms with E-state index in [-0.39, 0.29) is 17.3 Å². The first-order valence-electron chi connectivity index (χ1n) is 13.1. The standard InChI is InChI=1S/C34H25N3O4/c1-21(22-9-11-24(12-10-22)34(40)41)36-33(39)31-20-27(23-6-3-2-4-7-23)19-28-14-16-30(37(28)31)32(38)26-13-15-29-25(18-26)8-5-17-35-29/h2-21H,1H3,(H,36,39)(H,40,41)/t21-/m0/s1. The van der Waals surface area contributed by atoms with Gasteiger partial charge < -0.3 is 14.8 Å². The number of rotatable bonds is 7. The molecule has 6 rings (SSSR count). The van der Waals surface area contributed by atoms with Crippen molar-refractivity contribution in [3.05, 3.63) is 143 Å². The second-order valence-corrected chi connectivity index (χ2v) is 9.84. The number of benzene rings is 3. The van der Waals surface area contributed by atoms with E-state index >= 15 is 0 Å². The minimum Gasteiger partial charge on any atom is -0.478 e. The van der Waals surface area contributed by atoms with E-state index in [2.05, 4.69) is 10.3 Å². The zero-order chi connectivity index (χ0) is 28.5. The molecule has 200 valence electrons. The van der Waals surface area contributed by atoms with Crippen LogP contribution in [0.4, 0.5) is 0 Å². The summed E-state index contributed by atoms with van der Waals surface area (Å²) in [5.74, 6) is -1.59. The number of carbonyl (C=O) groups is 3. The van der Waals surface area contributed by atoms with E-state index in [0.717, 1.165) is 27.6 Å². The molecule has 0 aliphatic heterocycles. The number of amides is 1. The van der Waals surface area contributed by atoms with E-state index in [9.17, 15) is 19.5 Å². The van der Waals surface area contributed by atoms with Crippen LogP contribution in [0.1, 0.15) is 55.4 Å². The van der Waals surface area contributed by atoms with Crippen molar-refractivity contribution < 1.29 is 19.5 Å². The maximum absolute atomic E-state index is 13.8. The molecule has 2 N–H and O–H groups in total. The summed E-state index contributed by atoms with van der Waals surface area (Å²) in [7, 11) is 0. The Kier molecular flexibility index (Phi) is 6.61. The number of carboxylic acids is 1. The second kappa shape index (κ2) is 10.5. The number of ketones is 1. The lowest BCUT2D eigenvalue weighted by Gasteiger charge is -2.17. The topological polar surface area (TPSA) is 101 Å². The molecule has 3 aromatic heterocycles. The van der Waals surface area contributed by atoms with Crippen molar-refractivity contribution in [1.82, 2.24) is 14.7 Å². The van der Waals surface area contributed by atoms with Gasteiger partial charge in [0.05, 0.1) is 22.8 Å². The zero-order valence-corrected chi connectivity index (χ0v) is 22.1. The third-order valence-corrected chi connectivity index (χ3v) is 7.19. The summed E-state index contributed by atoms with van der Waals surface area (Å²) in [6.45, 7) is 1.83. The molecule has 3 heterocycles. The van der Waals surface area contributed by atoms with E-state index in [1.54, 1.807) is 40.9 Å². The van der Waals surface area contributed by atoms with E-state index in [1.807, 2.05) is 73.7 Å². The van der Waals surface area contributed by atoms with Crippen molar-refractivity contribution in [2.75, 3.05) is 0 Å². The van der Waals surface area contributed by atoms with Gasteiger partial charge in [-0.1, -0.05) is 48.5 Å². The monoisotopic (exact) mass is 539 g/mol. The molecule has 0 unspecified atom stereocenters. The molecule has 0 aliphatic rings. The van der Waals surface area contributed by atoms with Crippen LogP contribution in [0.2, 0.25) is 0 Å². The fourth-order valence-corrected chi connectivity index (χ4v) is 5.02. The number of pyridine rings is 2. The smallest absolute Gasteiger partial charge is 0.335 e. The van der Waals surface area contributed by atoms with E-state index in [0.29, 0.717) is 22.5 Å². The van der Waals surface area contributed by atoms with Crippen LogP contribution in [0.5, 0.6) is 0 Å². The van der Waals surface area contributed by atoms with Gasteiger partial charge in [-0.3, -0.25) is 14.6 Å². The molecule has 1 atom stereocenters. The van der Waals surface area contributed by atoms with Gasteiger partial charge in [0.25, 0.3) is 5.91 Å². The van der Waals surface area contributed by atoms with Gasteiger partial charge in [-0.05, 0) is 84.3 Å². The number of carbonyl (C=O) groups excluding carboxylic acids is 2. The summed E-state index contributed by atoms with van der Waals surface area (Å²) in [5, 5.41) is 13.1. The first-order chi connectivity index (χ1) is 19.9. The quantitative estimate of drug-likeness (QED) is 0.223. The normalized spacial score (nSPS) is 11.8. The molecule has 1 amide bonds. The highest BCUT2D eigenvalue weighted by Gasteiger charge is 2.22. The van der Waals surface area contributed by atoms with E-state index < -0.39 is 12.0 Å². The first-order valence-corrected chi connectivity index (χ1v) is 13.1. The van der Waals surface area contributed by atoms with Crippen molar-refractivity contribution >= 4 is 34.1 Å². The van der Waals surface area contributed by atoms with Gasteiger partial charge in [0.15, 0.2) is 0 Å². The number of fused-ring (bicyclic) bond motifs is 2. The van der Waals surface area contributed by atoms with Crippen LogP contribution in [-0.4, -0.2) is 32.2 Å². The summed E-state index contributed by atoms with van der Waals surface area (Å²) in [6.07, 6.45) is 1.71. The Hall–Kier alpha value is -5.56. The Labute approximate surface area is 235 Å². The minimum atomic E-state index is -1.01. The fourth-order valence-electron chi connectivity index (χ4n) is 5.02. The number of hydrogen-bond acceptors (Lipinski definition) is 4. The van der Waals surface area contributed by atoms with Gasteiger partial charge in [0, 0.05) is 22.7 Å². The van der Waals surface area contributed by atoms with E-state index in [4.69, 9.17) is 0 Å². The highest BCUT2D eigenvalue weighted by Crippen LogP contribution is 2.27. The van der Waals surface area contributed by atoms with Gasteiger partial charge in [-0.25, -0.2) is 4.79 Å². The number of aromatic nitrogens is 2. The summed E-state index contributed by atoms with van der Waals surface area (Å²) >= 11 is 0. The van der Waals surface area contributed by atoms with Gasteiger partial charge in [-0.15, -0.1) is 0 Å². The Morgan fingerprint density at radius 2 is 1.51 bits per heavy atom. The second-order valence-electron chi connectivity index (χ2n) is 9.84. The predicted octanol–water partition coefficient (Wildman–Crippen LogP) is 6.57. The molecule has 0 saturated heterocycles. The Morgan fingerprint density at radius 3 is 2.27 bits per heavy atom. The average Bonchev–Trinajstić information content (AvgIpc) is 3.44. The highest BCUT2D eigenvalue weighted by molar-refractivity contribution is 6.11. The molecular formula is C34H25N3O4. The average molecular weight is 540 g/mol. The van der Waals surface area contributed by atoms with Crippen LogP contribution >= 0.6 is 0 Å². The molecule has 41 heavy (non-hydrogen) atoms. The van der Waals surface area contributed by atoms with Crippen LogP contribution in [0.3, 0.4) is 0 Å². The van der Waals surface area contributed by atoms with Gasteiger partial charge in [-0.2, -0.15) is 0 Å². The van der Waals surface area contributed by atoms with Crippen molar-refractivity contribution in [2.45, 2.75) is 13.0 Å². The molecule has 0 fully saturated rings. The molecule has 0 aliphatic carbocycles. The van der Waals surface area contributed by atoms with Crippen molar-refractivity contribution in [3.63, 3.8) is 0 Å². The molecule has 7 nitrogen and oxygen atoms in total. The highest BCUT2D eigenvalue weighted by atomic mass is 16.4. The molecule has 6 aromatic rings. The summed E-state index contributed by atoms with van der Waals surface area (Å²) in [4.78, 5) is 43.2. The molecule has 0 spiro atoms. The number of aromatic carboxylic acids is 1. The molecule has 3 aromatic carbocycles. The first kappa shape index (κ1) is 25.7. The Bertz CT molecular complexity index is 1940. The third-order valence-electron chi connectivity index (χ3n) is 7.19. The summed E-state index contributed by atoms with van der Waals surface area (Å²) in [6, 6.07) is 32.2. The lowest BCUT2D eigenvalue weighted by molar-refractivity contribution is 0.0696. The number of hydrogen-bond donors (Lipinski definition) is 2. The van der Waals surface area contributed by atoms with Gasteiger partial charge in [0.2, 0.25) is 5.78 Å². The maximum Gasteiger partial charge on any atom is 0.335 e. The third kappa shape index (κ3) is 4.96. The van der Waals surface area contributed by atoms with Crippen molar-refractivity contribution in [2.24, 2.45) is 0 Å². The molecule has 7 heteroatoms. The van der Waals surface area contributed by atoms with Gasteiger partial charge >= 0.3 is 5.97 Å². The largest absolute Gasteiger partial charge is 0.478 e. The molecule has 0 bridgehead atoms. The van der Waals surface area contributed by atoms with Crippen molar-refractivity contribution in [3.8, 4) is 11.1 Å². The molecule has 0 saturated carbocycles. The van der Waals surface area contributed by atoms with Gasteiger partial charge in [0.1, 0.15) is 5.69 Å². The molecular weight excluding hydrogens is 514 g/mol. The summed E-state index contributed by atoms with van der Waals surface area (Å²) in [5.41, 5.74) is 5.39. The number of nitrogens with zero attached hydrogens (tertiary/aromatic N) is 2. The van der Waals surface area contributed by atoms with Crippen LogP contribution < -0.4 is 5.32 Å². The van der Waals surface area contributed by atoms with Crippen LogP contribution in [0, 0.1) is 0 Å². The number of carboxylic acid groups (broad SMARTS) is 1. The van der Waals surface area contributed by atoms with Crippen LogP contribution in [0.25, 0.3) is 27.5 Å². The van der Waals surface area contributed by atoms with E-state index in [1.165, 1.54) is 12.1 Å². The predicted molar refractivity (Wildman–Crippen MR) is 157 cm³/mol. The van der Waals surface area contributed by atoms with Crippen LogP contribution in [-0.2, 0) is 0 Å². The Morgan fingerprint density at radius 1 is 0.756 bits per heavy atom. The van der Waals surface area contributed by atoms with Crippen LogP contribution in [0.15, 0.2) is 115 Å². The maximum atomic E-state index is 13.8. The number of nitrogens with one attached hydrogen (secondary N) is 1. The summed E-state index contributed by atoms with van der Waals surface area (Å²) < 4.78 is 1.69. The van der Waals surface area contributed by atoms with Crippen molar-refractivity contribution in [1.29, 1.82) is 0 Å². The zero-order valence-electron chi connectivity index (χ0n) is 22.1. The SMILES string of the molecule is C[C@H](NC(=O)c1cc(-c2ccccc2)cc2ccc(C(=O)c3ccc4ncccc4c3)n12)c1ccc(C(=O)O)cc1. The minimum absolute atomic E-state index is 0.171. The Balaban J connectivity index is 1.42. The lowest BCUT2D eigenvalue weighted by Crippen LogP contribution is -2.29. The molecule has 0 radical (unpaired) electrons. The fraction of sp³-hybridized carbons (Fsp3) is 0.0588. The lowest BCUT2D eigenvalue weighted by atomic mass is 10.0.